The van der Waals surface area contributed by atoms with E-state index >= 15 is 0 Å². The van der Waals surface area contributed by atoms with Gasteiger partial charge in [-0.1, -0.05) is 30.3 Å². The van der Waals surface area contributed by atoms with Gasteiger partial charge in [0.25, 0.3) is 11.1 Å². The summed E-state index contributed by atoms with van der Waals surface area (Å²) in [7, 11) is 1.55. The fourth-order valence-corrected chi connectivity index (χ4v) is 3.03. The van der Waals surface area contributed by atoms with E-state index in [1.165, 1.54) is 11.5 Å². The van der Waals surface area contributed by atoms with Gasteiger partial charge in [-0.3, -0.25) is 4.79 Å². The molecule has 1 amide bonds. The molecule has 0 saturated heterocycles. The number of rotatable bonds is 7. The Balaban J connectivity index is 1.77. The molecule has 0 aliphatic heterocycles. The number of carbonyl (C=O) groups is 1. The van der Waals surface area contributed by atoms with Crippen LogP contribution in [-0.4, -0.2) is 28.4 Å². The third-order valence-electron chi connectivity index (χ3n) is 3.70. The average molecular weight is 383 g/mol. The van der Waals surface area contributed by atoms with Crippen molar-refractivity contribution in [2.45, 2.75) is 26.3 Å². The molecule has 3 aromatic rings. The smallest absolute Gasteiger partial charge is 0.298 e. The Morgan fingerprint density at radius 2 is 1.93 bits per heavy atom. The van der Waals surface area contributed by atoms with Gasteiger partial charge in [0.05, 0.1) is 7.11 Å². The molecule has 1 aromatic heterocycles. The second-order valence-electron chi connectivity index (χ2n) is 6.23. The standard InChI is InChI=1S/C20H21N3O3S/c1-13(2)21-19(24)15-9-10-16(25-3)17(12-15)26-20-22-18(23-27-20)11-14-7-5-4-6-8-14/h4-10,12-13H,11H2,1-3H3,(H,21,24). The van der Waals surface area contributed by atoms with Crippen molar-refractivity contribution in [3.05, 3.63) is 65.5 Å². The molecule has 27 heavy (non-hydrogen) atoms. The van der Waals surface area contributed by atoms with Crippen LogP contribution in [0.2, 0.25) is 0 Å². The molecular weight excluding hydrogens is 362 g/mol. The van der Waals surface area contributed by atoms with E-state index < -0.39 is 0 Å². The third-order valence-corrected chi connectivity index (χ3v) is 4.33. The van der Waals surface area contributed by atoms with E-state index in [9.17, 15) is 4.79 Å². The van der Waals surface area contributed by atoms with Gasteiger partial charge in [0.1, 0.15) is 0 Å². The Kier molecular flexibility index (Phi) is 6.03. The normalized spacial score (nSPS) is 10.7. The first kappa shape index (κ1) is 18.8. The van der Waals surface area contributed by atoms with Crippen LogP contribution in [0.15, 0.2) is 48.5 Å². The predicted octanol–water partition coefficient (Wildman–Crippen LogP) is 4.07. The van der Waals surface area contributed by atoms with E-state index in [0.29, 0.717) is 34.5 Å². The molecule has 0 fully saturated rings. The van der Waals surface area contributed by atoms with Crippen molar-refractivity contribution in [1.29, 1.82) is 0 Å². The molecular formula is C20H21N3O3S. The number of carbonyl (C=O) groups excluding carboxylic acids is 1. The molecule has 0 atom stereocenters. The second kappa shape index (κ2) is 8.64. The van der Waals surface area contributed by atoms with E-state index in [1.807, 2.05) is 44.2 Å². The van der Waals surface area contributed by atoms with Crippen LogP contribution in [0.1, 0.15) is 35.6 Å². The number of benzene rings is 2. The first-order chi connectivity index (χ1) is 13.0. The minimum absolute atomic E-state index is 0.0488. The summed E-state index contributed by atoms with van der Waals surface area (Å²) in [5.74, 6) is 1.47. The monoisotopic (exact) mass is 383 g/mol. The van der Waals surface area contributed by atoms with Crippen molar-refractivity contribution < 1.29 is 14.3 Å². The molecule has 0 bridgehead atoms. The van der Waals surface area contributed by atoms with Crippen LogP contribution in [-0.2, 0) is 6.42 Å². The highest BCUT2D eigenvalue weighted by Gasteiger charge is 2.15. The van der Waals surface area contributed by atoms with Crippen molar-refractivity contribution in [3.63, 3.8) is 0 Å². The summed E-state index contributed by atoms with van der Waals surface area (Å²) in [6, 6.07) is 15.1. The largest absolute Gasteiger partial charge is 0.493 e. The molecule has 2 aromatic carbocycles. The maximum atomic E-state index is 12.2. The Morgan fingerprint density at radius 3 is 2.63 bits per heavy atom. The van der Waals surface area contributed by atoms with Gasteiger partial charge < -0.3 is 14.8 Å². The number of nitrogens with zero attached hydrogens (tertiary/aromatic N) is 2. The van der Waals surface area contributed by atoms with Crippen LogP contribution in [0.3, 0.4) is 0 Å². The van der Waals surface area contributed by atoms with Gasteiger partial charge in [-0.05, 0) is 37.6 Å². The zero-order valence-corrected chi connectivity index (χ0v) is 16.2. The first-order valence-electron chi connectivity index (χ1n) is 8.58. The highest BCUT2D eigenvalue weighted by atomic mass is 32.1. The highest BCUT2D eigenvalue weighted by molar-refractivity contribution is 7.07. The lowest BCUT2D eigenvalue weighted by molar-refractivity contribution is 0.0942. The number of ether oxygens (including phenoxy) is 2. The Morgan fingerprint density at radius 1 is 1.15 bits per heavy atom. The Bertz CT molecular complexity index is 910. The van der Waals surface area contributed by atoms with Gasteiger partial charge >= 0.3 is 0 Å². The molecule has 0 spiro atoms. The molecule has 0 aliphatic carbocycles. The van der Waals surface area contributed by atoms with Crippen LogP contribution in [0.5, 0.6) is 16.7 Å². The first-order valence-corrected chi connectivity index (χ1v) is 9.35. The quantitative estimate of drug-likeness (QED) is 0.666. The van der Waals surface area contributed by atoms with Crippen LogP contribution >= 0.6 is 11.5 Å². The Hall–Kier alpha value is -2.93. The zero-order chi connectivity index (χ0) is 19.2. The van der Waals surface area contributed by atoms with Crippen molar-refractivity contribution in [3.8, 4) is 16.7 Å². The molecule has 0 saturated carbocycles. The number of nitrogens with one attached hydrogen (secondary N) is 1. The summed E-state index contributed by atoms with van der Waals surface area (Å²) in [6.45, 7) is 3.82. The summed E-state index contributed by atoms with van der Waals surface area (Å²) >= 11 is 1.17. The maximum absolute atomic E-state index is 12.2. The minimum atomic E-state index is -0.167. The van der Waals surface area contributed by atoms with Gasteiger partial charge in [-0.2, -0.15) is 9.36 Å². The van der Waals surface area contributed by atoms with Gasteiger partial charge in [0.2, 0.25) is 0 Å². The number of hydrogen-bond donors (Lipinski definition) is 1. The van der Waals surface area contributed by atoms with Crippen LogP contribution < -0.4 is 14.8 Å². The topological polar surface area (TPSA) is 73.3 Å². The van der Waals surface area contributed by atoms with E-state index in [0.717, 1.165) is 5.56 Å². The summed E-state index contributed by atoms with van der Waals surface area (Å²) < 4.78 is 15.5. The molecule has 3 rings (SSSR count). The number of hydrogen-bond acceptors (Lipinski definition) is 6. The summed E-state index contributed by atoms with van der Waals surface area (Å²) in [6.07, 6.45) is 0.634. The fourth-order valence-electron chi connectivity index (χ4n) is 2.47. The number of methoxy groups -OCH3 is 1. The van der Waals surface area contributed by atoms with E-state index in [4.69, 9.17) is 9.47 Å². The van der Waals surface area contributed by atoms with Crippen molar-refractivity contribution in [2.24, 2.45) is 0 Å². The molecule has 1 N–H and O–H groups in total. The fraction of sp³-hybridized carbons (Fsp3) is 0.250. The van der Waals surface area contributed by atoms with E-state index in [1.54, 1.807) is 25.3 Å². The second-order valence-corrected chi connectivity index (χ2v) is 6.95. The van der Waals surface area contributed by atoms with E-state index in [-0.39, 0.29) is 11.9 Å². The minimum Gasteiger partial charge on any atom is -0.493 e. The maximum Gasteiger partial charge on any atom is 0.298 e. The van der Waals surface area contributed by atoms with Crippen molar-refractivity contribution in [1.82, 2.24) is 14.7 Å². The molecule has 0 aliphatic rings. The average Bonchev–Trinajstić information content (AvgIpc) is 3.08. The third kappa shape index (κ3) is 5.04. The summed E-state index contributed by atoms with van der Waals surface area (Å²) in [4.78, 5) is 16.7. The van der Waals surface area contributed by atoms with Gasteiger partial charge in [0.15, 0.2) is 17.3 Å². The van der Waals surface area contributed by atoms with E-state index in [2.05, 4.69) is 14.7 Å². The molecule has 7 heteroatoms. The molecule has 6 nitrogen and oxygen atoms in total. The number of aromatic nitrogens is 2. The van der Waals surface area contributed by atoms with Gasteiger partial charge in [0, 0.05) is 29.6 Å². The molecule has 1 heterocycles. The molecule has 0 radical (unpaired) electrons. The van der Waals surface area contributed by atoms with Gasteiger partial charge in [-0.25, -0.2) is 0 Å². The molecule has 0 unspecified atom stereocenters. The lowest BCUT2D eigenvalue weighted by Gasteiger charge is -2.12. The lowest BCUT2D eigenvalue weighted by atomic mass is 10.1. The zero-order valence-electron chi connectivity index (χ0n) is 15.4. The Labute approximate surface area is 162 Å². The SMILES string of the molecule is COc1ccc(C(=O)NC(C)C)cc1Oc1nc(Cc2ccccc2)ns1. The number of amides is 1. The molecule has 140 valence electrons. The highest BCUT2D eigenvalue weighted by Crippen LogP contribution is 2.33. The van der Waals surface area contributed by atoms with Crippen molar-refractivity contribution >= 4 is 17.4 Å². The predicted molar refractivity (Wildman–Crippen MR) is 105 cm³/mol. The lowest BCUT2D eigenvalue weighted by Crippen LogP contribution is -2.30. The van der Waals surface area contributed by atoms with Crippen LogP contribution in [0.25, 0.3) is 0 Å². The van der Waals surface area contributed by atoms with Crippen molar-refractivity contribution in [2.75, 3.05) is 7.11 Å². The summed E-state index contributed by atoms with van der Waals surface area (Å²) in [5, 5.41) is 3.26. The van der Waals surface area contributed by atoms with Crippen LogP contribution in [0, 0.1) is 0 Å². The van der Waals surface area contributed by atoms with Gasteiger partial charge in [-0.15, -0.1) is 0 Å². The van der Waals surface area contributed by atoms with Crippen LogP contribution in [0.4, 0.5) is 0 Å². The summed E-state index contributed by atoms with van der Waals surface area (Å²) in [5.41, 5.74) is 1.63.